The summed E-state index contributed by atoms with van der Waals surface area (Å²) < 4.78 is 24.2. The Morgan fingerprint density at radius 3 is 2.70 bits per heavy atom. The average Bonchev–Trinajstić information content (AvgIpc) is 2.34. The molecule has 0 radical (unpaired) electrons. The van der Waals surface area contributed by atoms with Gasteiger partial charge in [-0.25, -0.2) is 4.68 Å². The van der Waals surface area contributed by atoms with Crippen LogP contribution in [0.15, 0.2) is 12.4 Å². The molecular formula is C5H5BrF2N2. The van der Waals surface area contributed by atoms with Crippen LogP contribution in [0, 0.1) is 0 Å². The van der Waals surface area contributed by atoms with Gasteiger partial charge in [0.05, 0.1) is 6.20 Å². The van der Waals surface area contributed by atoms with Gasteiger partial charge >= 0.3 is 6.55 Å². The number of hydrogen-bond donors (Lipinski definition) is 0. The molecule has 0 aliphatic carbocycles. The zero-order valence-corrected chi connectivity index (χ0v) is 6.55. The number of aromatic nitrogens is 2. The van der Waals surface area contributed by atoms with E-state index in [4.69, 9.17) is 0 Å². The fourth-order valence-corrected chi connectivity index (χ4v) is 0.843. The summed E-state index contributed by atoms with van der Waals surface area (Å²) in [5, 5.41) is 3.98. The molecule has 0 aromatic carbocycles. The first-order chi connectivity index (χ1) is 4.74. The fourth-order valence-electron chi connectivity index (χ4n) is 0.553. The third-order valence-electron chi connectivity index (χ3n) is 1.01. The Hall–Kier alpha value is -0.450. The molecule has 0 saturated carbocycles. The van der Waals surface area contributed by atoms with Crippen molar-refractivity contribution in [3.63, 3.8) is 0 Å². The van der Waals surface area contributed by atoms with Gasteiger partial charge in [-0.15, -0.1) is 0 Å². The van der Waals surface area contributed by atoms with Crippen molar-refractivity contribution in [1.29, 1.82) is 0 Å². The van der Waals surface area contributed by atoms with E-state index in [1.807, 2.05) is 0 Å². The summed E-state index contributed by atoms with van der Waals surface area (Å²) in [5.74, 6) is 0. The largest absolute Gasteiger partial charge is 0.333 e. The molecule has 0 unspecified atom stereocenters. The number of alkyl halides is 3. The van der Waals surface area contributed by atoms with Gasteiger partial charge in [-0.05, 0) is 0 Å². The summed E-state index contributed by atoms with van der Waals surface area (Å²) in [6.07, 6.45) is 2.71. The number of rotatable bonds is 2. The molecule has 0 aliphatic heterocycles. The zero-order chi connectivity index (χ0) is 7.56. The molecule has 0 bridgehead atoms. The second-order valence-electron chi connectivity index (χ2n) is 1.74. The minimum Gasteiger partial charge on any atom is -0.211 e. The molecule has 0 saturated heterocycles. The molecule has 0 atom stereocenters. The first-order valence-electron chi connectivity index (χ1n) is 2.61. The Bertz CT molecular complexity index is 211. The van der Waals surface area contributed by atoms with Gasteiger partial charge in [-0.3, -0.25) is 0 Å². The summed E-state index contributed by atoms with van der Waals surface area (Å²) in [6.45, 7) is -2.53. The summed E-state index contributed by atoms with van der Waals surface area (Å²) in [6, 6.07) is 0. The summed E-state index contributed by atoms with van der Waals surface area (Å²) in [7, 11) is 0. The SMILES string of the molecule is FC(F)n1cc(CBr)cn1. The molecule has 5 heteroatoms. The highest BCUT2D eigenvalue weighted by Crippen LogP contribution is 2.10. The highest BCUT2D eigenvalue weighted by Gasteiger charge is 2.05. The number of hydrogen-bond acceptors (Lipinski definition) is 1. The van der Waals surface area contributed by atoms with Gasteiger partial charge in [0.2, 0.25) is 0 Å². The molecule has 1 aromatic heterocycles. The molecule has 0 fully saturated rings. The van der Waals surface area contributed by atoms with Crippen molar-refractivity contribution in [2.24, 2.45) is 0 Å². The quantitative estimate of drug-likeness (QED) is 0.685. The van der Waals surface area contributed by atoms with E-state index >= 15 is 0 Å². The summed E-state index contributed by atoms with van der Waals surface area (Å²) in [5.41, 5.74) is 0.750. The van der Waals surface area contributed by atoms with Crippen molar-refractivity contribution in [2.75, 3.05) is 0 Å². The van der Waals surface area contributed by atoms with Gasteiger partial charge in [-0.1, -0.05) is 15.9 Å². The van der Waals surface area contributed by atoms with E-state index in [0.717, 1.165) is 5.56 Å². The standard InChI is InChI=1S/C5H5BrF2N2/c6-1-4-2-9-10(3-4)5(7)8/h2-3,5H,1H2. The monoisotopic (exact) mass is 210 g/mol. The highest BCUT2D eigenvalue weighted by atomic mass is 79.9. The maximum absolute atomic E-state index is 11.8. The van der Waals surface area contributed by atoms with E-state index in [1.54, 1.807) is 0 Å². The Labute approximate surface area is 65.0 Å². The average molecular weight is 211 g/mol. The maximum atomic E-state index is 11.8. The van der Waals surface area contributed by atoms with Crippen molar-refractivity contribution in [1.82, 2.24) is 9.78 Å². The predicted octanol–water partition coefficient (Wildman–Crippen LogP) is 2.17. The van der Waals surface area contributed by atoms with Crippen LogP contribution in [0.4, 0.5) is 8.78 Å². The van der Waals surface area contributed by atoms with Crippen LogP contribution in [-0.2, 0) is 5.33 Å². The van der Waals surface area contributed by atoms with E-state index in [1.165, 1.54) is 12.4 Å². The lowest BCUT2D eigenvalue weighted by molar-refractivity contribution is 0.0565. The van der Waals surface area contributed by atoms with Gasteiger partial charge in [0.15, 0.2) is 0 Å². The number of halogens is 3. The molecule has 1 aromatic rings. The number of nitrogens with zero attached hydrogens (tertiary/aromatic N) is 2. The maximum Gasteiger partial charge on any atom is 0.333 e. The van der Waals surface area contributed by atoms with Gasteiger partial charge < -0.3 is 0 Å². The van der Waals surface area contributed by atoms with E-state index in [9.17, 15) is 8.78 Å². The summed E-state index contributed by atoms with van der Waals surface area (Å²) >= 11 is 3.12. The zero-order valence-electron chi connectivity index (χ0n) is 4.97. The molecule has 0 amide bonds. The molecule has 0 spiro atoms. The Kier molecular flexibility index (Phi) is 2.37. The first-order valence-corrected chi connectivity index (χ1v) is 3.73. The van der Waals surface area contributed by atoms with Crippen LogP contribution in [0.2, 0.25) is 0 Å². The van der Waals surface area contributed by atoms with Crippen molar-refractivity contribution >= 4 is 15.9 Å². The van der Waals surface area contributed by atoms with E-state index < -0.39 is 6.55 Å². The Morgan fingerprint density at radius 2 is 2.40 bits per heavy atom. The second-order valence-corrected chi connectivity index (χ2v) is 2.30. The Morgan fingerprint density at radius 1 is 1.70 bits per heavy atom. The molecule has 0 aliphatic rings. The predicted molar refractivity (Wildman–Crippen MR) is 36.1 cm³/mol. The van der Waals surface area contributed by atoms with Crippen LogP contribution >= 0.6 is 15.9 Å². The van der Waals surface area contributed by atoms with Gasteiger partial charge in [0.25, 0.3) is 0 Å². The highest BCUT2D eigenvalue weighted by molar-refractivity contribution is 9.08. The van der Waals surface area contributed by atoms with Crippen molar-refractivity contribution in [3.05, 3.63) is 18.0 Å². The van der Waals surface area contributed by atoms with E-state index in [0.29, 0.717) is 10.0 Å². The molecular weight excluding hydrogens is 206 g/mol. The molecule has 1 rings (SSSR count). The van der Waals surface area contributed by atoms with E-state index in [-0.39, 0.29) is 0 Å². The van der Waals surface area contributed by atoms with Crippen LogP contribution in [0.25, 0.3) is 0 Å². The van der Waals surface area contributed by atoms with Crippen LogP contribution in [-0.4, -0.2) is 9.78 Å². The molecule has 10 heavy (non-hydrogen) atoms. The van der Waals surface area contributed by atoms with Crippen LogP contribution < -0.4 is 0 Å². The second kappa shape index (κ2) is 3.09. The molecule has 56 valence electrons. The van der Waals surface area contributed by atoms with Gasteiger partial charge in [0, 0.05) is 17.1 Å². The van der Waals surface area contributed by atoms with Crippen molar-refractivity contribution in [2.45, 2.75) is 11.9 Å². The van der Waals surface area contributed by atoms with Gasteiger partial charge in [-0.2, -0.15) is 13.9 Å². The van der Waals surface area contributed by atoms with E-state index in [2.05, 4.69) is 21.0 Å². The lowest BCUT2D eigenvalue weighted by Gasteiger charge is -1.94. The van der Waals surface area contributed by atoms with Crippen molar-refractivity contribution < 1.29 is 8.78 Å². The molecule has 1 heterocycles. The van der Waals surface area contributed by atoms with Crippen LogP contribution in [0.1, 0.15) is 12.1 Å². The molecule has 2 nitrogen and oxygen atoms in total. The van der Waals surface area contributed by atoms with Crippen LogP contribution in [0.3, 0.4) is 0 Å². The third-order valence-corrected chi connectivity index (χ3v) is 1.66. The summed E-state index contributed by atoms with van der Waals surface area (Å²) in [4.78, 5) is 0. The topological polar surface area (TPSA) is 17.8 Å². The smallest absolute Gasteiger partial charge is 0.211 e. The lowest BCUT2D eigenvalue weighted by Crippen LogP contribution is -1.96. The van der Waals surface area contributed by atoms with Crippen molar-refractivity contribution in [3.8, 4) is 0 Å². The molecule has 0 N–H and O–H groups in total. The van der Waals surface area contributed by atoms with Crippen LogP contribution in [0.5, 0.6) is 0 Å². The Balaban J connectivity index is 2.78. The lowest BCUT2D eigenvalue weighted by atomic mass is 10.4. The third kappa shape index (κ3) is 1.53. The fraction of sp³-hybridized carbons (Fsp3) is 0.400. The first kappa shape index (κ1) is 7.65. The minimum atomic E-state index is -2.53. The normalized spacial score (nSPS) is 10.8. The van der Waals surface area contributed by atoms with Gasteiger partial charge in [0.1, 0.15) is 0 Å². The minimum absolute atomic E-state index is 0.555.